The van der Waals surface area contributed by atoms with Gasteiger partial charge < -0.3 is 10.5 Å². The maximum atomic E-state index is 15.3. The van der Waals surface area contributed by atoms with Gasteiger partial charge in [0.25, 0.3) is 0 Å². The molecule has 3 nitrogen and oxygen atoms in total. The van der Waals surface area contributed by atoms with Gasteiger partial charge in [0.2, 0.25) is 0 Å². The molecule has 0 fully saturated rings. The molecule has 2 N–H and O–H groups in total. The summed E-state index contributed by atoms with van der Waals surface area (Å²) in [4.78, 5) is 11.7. The summed E-state index contributed by atoms with van der Waals surface area (Å²) in [7, 11) is 0. The van der Waals surface area contributed by atoms with Gasteiger partial charge in [-0.2, -0.15) is 13.2 Å². The highest BCUT2D eigenvalue weighted by Gasteiger charge is 2.39. The summed E-state index contributed by atoms with van der Waals surface area (Å²) in [5, 5.41) is 0. The molecule has 2 rings (SSSR count). The number of rotatable bonds is 5. The molecule has 1 atom stereocenters. The molecule has 0 spiro atoms. The Morgan fingerprint density at radius 3 is 2.20 bits per heavy atom. The Labute approximate surface area is 169 Å². The SMILES string of the molecule is CCOC(=O)C[C@H](N)c1c(F)c(-c2c(C)cc(F)c(C)c2C)cc(C(F)(F)F)c1F. The van der Waals surface area contributed by atoms with Crippen molar-refractivity contribution >= 4 is 5.97 Å². The van der Waals surface area contributed by atoms with Crippen molar-refractivity contribution in [3.63, 3.8) is 0 Å². The lowest BCUT2D eigenvalue weighted by Crippen LogP contribution is -2.22. The lowest BCUT2D eigenvalue weighted by atomic mass is 9.88. The smallest absolute Gasteiger partial charge is 0.419 e. The fraction of sp³-hybridized carbons (Fsp3) is 0.381. The second kappa shape index (κ2) is 8.67. The van der Waals surface area contributed by atoms with Crippen molar-refractivity contribution in [1.82, 2.24) is 0 Å². The van der Waals surface area contributed by atoms with E-state index >= 15 is 4.39 Å². The topological polar surface area (TPSA) is 52.3 Å². The number of carbonyl (C=O) groups excluding carboxylic acids is 1. The number of carbonyl (C=O) groups is 1. The molecule has 0 amide bonds. The normalized spacial score (nSPS) is 12.8. The zero-order valence-electron chi connectivity index (χ0n) is 16.8. The first kappa shape index (κ1) is 23.7. The molecule has 0 saturated carbocycles. The standard InChI is InChI=1S/C21H21F6NO2/c1-5-30-16(29)8-15(28)18-19(23)12(7-13(20(18)24)21(25,26)27)17-9(2)6-14(22)10(3)11(17)4/h6-7,15H,5,8,28H2,1-4H3/t15-/m0/s1. The van der Waals surface area contributed by atoms with Crippen LogP contribution < -0.4 is 5.73 Å². The fourth-order valence-electron chi connectivity index (χ4n) is 3.32. The van der Waals surface area contributed by atoms with Crippen molar-refractivity contribution < 1.29 is 35.9 Å². The predicted molar refractivity (Wildman–Crippen MR) is 99.1 cm³/mol. The third-order valence-corrected chi connectivity index (χ3v) is 4.91. The molecule has 164 valence electrons. The molecular weight excluding hydrogens is 412 g/mol. The van der Waals surface area contributed by atoms with Crippen molar-refractivity contribution in [2.75, 3.05) is 6.61 Å². The van der Waals surface area contributed by atoms with Gasteiger partial charge in [-0.05, 0) is 62.1 Å². The van der Waals surface area contributed by atoms with Gasteiger partial charge in [-0.3, -0.25) is 4.79 Å². The molecule has 2 aromatic carbocycles. The van der Waals surface area contributed by atoms with E-state index in [0.717, 1.165) is 6.07 Å². The molecule has 0 aromatic heterocycles. The van der Waals surface area contributed by atoms with Gasteiger partial charge in [-0.1, -0.05) is 0 Å². The maximum Gasteiger partial charge on any atom is 0.419 e. The molecule has 0 heterocycles. The number of hydrogen-bond donors (Lipinski definition) is 1. The maximum absolute atomic E-state index is 15.3. The van der Waals surface area contributed by atoms with E-state index in [4.69, 9.17) is 5.73 Å². The van der Waals surface area contributed by atoms with Crippen molar-refractivity contribution in [3.8, 4) is 11.1 Å². The lowest BCUT2D eigenvalue weighted by Gasteiger charge is -2.22. The minimum Gasteiger partial charge on any atom is -0.466 e. The van der Waals surface area contributed by atoms with Gasteiger partial charge >= 0.3 is 12.1 Å². The van der Waals surface area contributed by atoms with Gasteiger partial charge in [-0.25, -0.2) is 13.2 Å². The Balaban J connectivity index is 2.84. The monoisotopic (exact) mass is 433 g/mol. The minimum atomic E-state index is -5.15. The lowest BCUT2D eigenvalue weighted by molar-refractivity contribution is -0.143. The van der Waals surface area contributed by atoms with Gasteiger partial charge in [0.1, 0.15) is 17.5 Å². The van der Waals surface area contributed by atoms with E-state index in [1.807, 2.05) is 0 Å². The number of benzene rings is 2. The molecule has 9 heteroatoms. The van der Waals surface area contributed by atoms with Gasteiger partial charge in [0.05, 0.1) is 18.6 Å². The van der Waals surface area contributed by atoms with E-state index in [0.29, 0.717) is 6.07 Å². The highest BCUT2D eigenvalue weighted by Crippen LogP contribution is 2.42. The number of alkyl halides is 3. The molecule has 0 aliphatic rings. The summed E-state index contributed by atoms with van der Waals surface area (Å²) in [5.41, 5.74) is 2.82. The minimum absolute atomic E-state index is 0.00137. The van der Waals surface area contributed by atoms with E-state index in [9.17, 15) is 26.7 Å². The predicted octanol–water partition coefficient (Wildman–Crippen LogP) is 5.67. The molecule has 0 saturated heterocycles. The van der Waals surface area contributed by atoms with Crippen LogP contribution >= 0.6 is 0 Å². The number of hydrogen-bond acceptors (Lipinski definition) is 3. The second-order valence-electron chi connectivity index (χ2n) is 6.93. The highest BCUT2D eigenvalue weighted by molar-refractivity contribution is 5.75. The number of aryl methyl sites for hydroxylation is 1. The molecule has 0 aliphatic heterocycles. The van der Waals surface area contributed by atoms with Crippen molar-refractivity contribution in [3.05, 3.63) is 57.4 Å². The van der Waals surface area contributed by atoms with Crippen molar-refractivity contribution in [1.29, 1.82) is 0 Å². The van der Waals surface area contributed by atoms with E-state index in [2.05, 4.69) is 4.74 Å². The van der Waals surface area contributed by atoms with Gasteiger partial charge in [-0.15, -0.1) is 0 Å². The zero-order chi connectivity index (χ0) is 23.0. The van der Waals surface area contributed by atoms with Crippen LogP contribution in [-0.2, 0) is 15.7 Å². The molecule has 30 heavy (non-hydrogen) atoms. The molecule has 0 aliphatic carbocycles. The Morgan fingerprint density at radius 1 is 1.07 bits per heavy atom. The largest absolute Gasteiger partial charge is 0.466 e. The van der Waals surface area contributed by atoms with Crippen LogP contribution in [0.15, 0.2) is 12.1 Å². The van der Waals surface area contributed by atoms with Crippen LogP contribution in [0, 0.1) is 38.2 Å². The first-order chi connectivity index (χ1) is 13.8. The van der Waals surface area contributed by atoms with Gasteiger partial charge in [0.15, 0.2) is 0 Å². The van der Waals surface area contributed by atoms with E-state index in [1.165, 1.54) is 27.7 Å². The summed E-state index contributed by atoms with van der Waals surface area (Å²) in [5.74, 6) is -4.75. The molecule has 0 radical (unpaired) electrons. The quantitative estimate of drug-likeness (QED) is 0.489. The molecular formula is C21H21F6NO2. The first-order valence-corrected chi connectivity index (χ1v) is 9.08. The number of halogens is 6. The molecule has 0 unspecified atom stereocenters. The highest BCUT2D eigenvalue weighted by atomic mass is 19.4. The zero-order valence-corrected chi connectivity index (χ0v) is 16.8. The Bertz CT molecular complexity index is 985. The van der Waals surface area contributed by atoms with Crippen LogP contribution in [0.3, 0.4) is 0 Å². The Hall–Kier alpha value is -2.55. The summed E-state index contributed by atoms with van der Waals surface area (Å²) in [6.45, 7) is 5.69. The second-order valence-corrected chi connectivity index (χ2v) is 6.93. The average molecular weight is 433 g/mol. The molecule has 2 aromatic rings. The summed E-state index contributed by atoms with van der Waals surface area (Å²) in [6, 6.07) is -0.309. The van der Waals surface area contributed by atoms with Crippen LogP contribution in [0.25, 0.3) is 11.1 Å². The van der Waals surface area contributed by atoms with Crippen molar-refractivity contribution in [2.24, 2.45) is 5.73 Å². The van der Waals surface area contributed by atoms with E-state index in [1.54, 1.807) is 0 Å². The number of ether oxygens (including phenoxy) is 1. The van der Waals surface area contributed by atoms with Crippen molar-refractivity contribution in [2.45, 2.75) is 46.3 Å². The van der Waals surface area contributed by atoms with Crippen LogP contribution in [0.1, 0.15) is 47.2 Å². The Morgan fingerprint density at radius 2 is 1.67 bits per heavy atom. The Kier molecular flexibility index (Phi) is 6.86. The average Bonchev–Trinajstić information content (AvgIpc) is 2.60. The van der Waals surface area contributed by atoms with Crippen LogP contribution in [0.4, 0.5) is 26.3 Å². The number of nitrogens with two attached hydrogens (primary N) is 1. The van der Waals surface area contributed by atoms with Crippen LogP contribution in [0.2, 0.25) is 0 Å². The van der Waals surface area contributed by atoms with Crippen LogP contribution in [0.5, 0.6) is 0 Å². The summed E-state index contributed by atoms with van der Waals surface area (Å²) < 4.78 is 89.2. The summed E-state index contributed by atoms with van der Waals surface area (Å²) in [6.07, 6.45) is -5.87. The van der Waals surface area contributed by atoms with Crippen LogP contribution in [-0.4, -0.2) is 12.6 Å². The first-order valence-electron chi connectivity index (χ1n) is 9.08. The third-order valence-electron chi connectivity index (χ3n) is 4.91. The fourth-order valence-corrected chi connectivity index (χ4v) is 3.32. The molecule has 0 bridgehead atoms. The van der Waals surface area contributed by atoms with E-state index in [-0.39, 0.29) is 28.9 Å². The number of esters is 1. The van der Waals surface area contributed by atoms with E-state index < -0.39 is 58.8 Å². The summed E-state index contributed by atoms with van der Waals surface area (Å²) >= 11 is 0. The van der Waals surface area contributed by atoms with Gasteiger partial charge in [0, 0.05) is 17.2 Å². The third kappa shape index (κ3) is 4.45.